The molecule has 0 aromatic heterocycles. The van der Waals surface area contributed by atoms with Gasteiger partial charge in [0.2, 0.25) is 5.75 Å². The average Bonchev–Trinajstić information content (AvgIpc) is 2.42. The van der Waals surface area contributed by atoms with Crippen LogP contribution in [0.4, 0.5) is 0 Å². The van der Waals surface area contributed by atoms with E-state index in [1.54, 1.807) is 12.1 Å². The second-order valence-corrected chi connectivity index (χ2v) is 6.65. The summed E-state index contributed by atoms with van der Waals surface area (Å²) in [6, 6.07) is 3.21. The number of aliphatic hydroxyl groups is 1. The molecule has 0 amide bonds. The number of methoxy groups -OCH3 is 3. The van der Waals surface area contributed by atoms with Gasteiger partial charge in [-0.05, 0) is 24.1 Å². The van der Waals surface area contributed by atoms with E-state index < -0.39 is 15.9 Å². The first-order valence-corrected chi connectivity index (χ1v) is 8.04. The first-order chi connectivity index (χ1) is 9.32. The molecule has 0 aliphatic carbocycles. The predicted molar refractivity (Wildman–Crippen MR) is 75.4 cm³/mol. The molecule has 1 N–H and O–H groups in total. The van der Waals surface area contributed by atoms with E-state index in [1.807, 2.05) is 0 Å². The van der Waals surface area contributed by atoms with Crippen LogP contribution in [0.2, 0.25) is 0 Å². The zero-order valence-electron chi connectivity index (χ0n) is 12.0. The molecule has 7 heteroatoms. The number of ether oxygens (including phenoxy) is 3. The van der Waals surface area contributed by atoms with Gasteiger partial charge in [0.15, 0.2) is 11.5 Å². The van der Waals surface area contributed by atoms with Crippen LogP contribution >= 0.6 is 0 Å². The molecule has 0 saturated carbocycles. The number of hydrogen-bond donors (Lipinski definition) is 1. The fraction of sp³-hybridized carbons (Fsp3) is 0.538. The monoisotopic (exact) mass is 304 g/mol. The molecule has 0 fully saturated rings. The number of aliphatic hydroxyl groups excluding tert-OH is 1. The molecule has 1 unspecified atom stereocenters. The van der Waals surface area contributed by atoms with Gasteiger partial charge >= 0.3 is 0 Å². The highest BCUT2D eigenvalue weighted by molar-refractivity contribution is 7.90. The minimum Gasteiger partial charge on any atom is -0.493 e. The number of rotatable bonds is 7. The Hall–Kier alpha value is -1.47. The van der Waals surface area contributed by atoms with Gasteiger partial charge in [0.1, 0.15) is 9.84 Å². The second kappa shape index (κ2) is 6.81. The summed E-state index contributed by atoms with van der Waals surface area (Å²) in [6.45, 7) is 0. The highest BCUT2D eigenvalue weighted by Crippen LogP contribution is 2.40. The van der Waals surface area contributed by atoms with Crippen LogP contribution in [-0.2, 0) is 9.84 Å². The van der Waals surface area contributed by atoms with Gasteiger partial charge in [-0.3, -0.25) is 0 Å². The Bertz CT molecular complexity index is 527. The topological polar surface area (TPSA) is 82.1 Å². The fourth-order valence-electron chi connectivity index (χ4n) is 1.79. The highest BCUT2D eigenvalue weighted by atomic mass is 32.2. The minimum absolute atomic E-state index is 0.0924. The van der Waals surface area contributed by atoms with E-state index in [-0.39, 0.29) is 12.2 Å². The van der Waals surface area contributed by atoms with E-state index in [4.69, 9.17) is 14.2 Å². The number of sulfone groups is 1. The number of hydrogen-bond acceptors (Lipinski definition) is 6. The summed E-state index contributed by atoms with van der Waals surface area (Å²) in [5.41, 5.74) is 0.517. The molecule has 0 aliphatic rings. The van der Waals surface area contributed by atoms with Crippen LogP contribution in [-0.4, -0.2) is 46.9 Å². The summed E-state index contributed by atoms with van der Waals surface area (Å²) in [5, 5.41) is 10.1. The van der Waals surface area contributed by atoms with Crippen molar-refractivity contribution in [2.45, 2.75) is 12.5 Å². The molecular formula is C13H20O6S. The lowest BCUT2D eigenvalue weighted by atomic mass is 10.1. The van der Waals surface area contributed by atoms with Crippen molar-refractivity contribution >= 4 is 9.84 Å². The molecule has 1 rings (SSSR count). The summed E-state index contributed by atoms with van der Waals surface area (Å²) in [4.78, 5) is 0. The van der Waals surface area contributed by atoms with Crippen LogP contribution in [0.1, 0.15) is 18.1 Å². The van der Waals surface area contributed by atoms with Crippen LogP contribution in [0.25, 0.3) is 0 Å². The summed E-state index contributed by atoms with van der Waals surface area (Å²) < 4.78 is 37.8. The largest absolute Gasteiger partial charge is 0.493 e. The van der Waals surface area contributed by atoms with Crippen molar-refractivity contribution in [3.05, 3.63) is 17.7 Å². The third kappa shape index (κ3) is 4.28. The summed E-state index contributed by atoms with van der Waals surface area (Å²) in [5.74, 6) is 1.17. The van der Waals surface area contributed by atoms with Crippen molar-refractivity contribution in [3.8, 4) is 17.2 Å². The van der Waals surface area contributed by atoms with E-state index >= 15 is 0 Å². The van der Waals surface area contributed by atoms with E-state index in [9.17, 15) is 13.5 Å². The average molecular weight is 304 g/mol. The Kier molecular flexibility index (Phi) is 5.64. The third-order valence-corrected chi connectivity index (χ3v) is 3.81. The van der Waals surface area contributed by atoms with Gasteiger partial charge < -0.3 is 19.3 Å². The zero-order chi connectivity index (χ0) is 15.3. The van der Waals surface area contributed by atoms with Gasteiger partial charge in [0.05, 0.1) is 33.2 Å². The zero-order valence-corrected chi connectivity index (χ0v) is 12.9. The maximum Gasteiger partial charge on any atom is 0.203 e. The quantitative estimate of drug-likeness (QED) is 0.814. The normalized spacial score (nSPS) is 12.8. The molecule has 0 bridgehead atoms. The molecule has 0 heterocycles. The Morgan fingerprint density at radius 3 is 1.95 bits per heavy atom. The Labute approximate surface area is 119 Å². The summed E-state index contributed by atoms with van der Waals surface area (Å²) in [7, 11) is 1.32. The molecule has 0 saturated heterocycles. The molecule has 6 nitrogen and oxygen atoms in total. The maximum absolute atomic E-state index is 11.1. The molecule has 0 radical (unpaired) electrons. The van der Waals surface area contributed by atoms with Gasteiger partial charge in [0, 0.05) is 6.26 Å². The van der Waals surface area contributed by atoms with Crippen LogP contribution in [0.15, 0.2) is 12.1 Å². The van der Waals surface area contributed by atoms with Crippen molar-refractivity contribution in [2.24, 2.45) is 0 Å². The Balaban J connectivity index is 3.06. The SMILES string of the molecule is COc1cc(C(O)CCS(C)(=O)=O)cc(OC)c1OC. The van der Waals surface area contributed by atoms with E-state index in [0.717, 1.165) is 6.26 Å². The van der Waals surface area contributed by atoms with Crippen LogP contribution < -0.4 is 14.2 Å². The van der Waals surface area contributed by atoms with Crippen molar-refractivity contribution in [1.82, 2.24) is 0 Å². The smallest absolute Gasteiger partial charge is 0.203 e. The molecule has 1 atom stereocenters. The molecule has 1 aromatic carbocycles. The Morgan fingerprint density at radius 1 is 1.10 bits per heavy atom. The van der Waals surface area contributed by atoms with Crippen molar-refractivity contribution < 1.29 is 27.7 Å². The van der Waals surface area contributed by atoms with Gasteiger partial charge in [0.25, 0.3) is 0 Å². The summed E-state index contributed by atoms with van der Waals surface area (Å²) >= 11 is 0. The van der Waals surface area contributed by atoms with Crippen molar-refractivity contribution in [2.75, 3.05) is 33.3 Å². The lowest BCUT2D eigenvalue weighted by Crippen LogP contribution is -2.09. The van der Waals surface area contributed by atoms with Gasteiger partial charge in [-0.15, -0.1) is 0 Å². The fourth-order valence-corrected chi connectivity index (χ4v) is 2.44. The van der Waals surface area contributed by atoms with Crippen LogP contribution in [0.5, 0.6) is 17.2 Å². The van der Waals surface area contributed by atoms with E-state index in [1.165, 1.54) is 21.3 Å². The molecule has 20 heavy (non-hydrogen) atoms. The van der Waals surface area contributed by atoms with Gasteiger partial charge in [-0.25, -0.2) is 8.42 Å². The Morgan fingerprint density at radius 2 is 1.60 bits per heavy atom. The van der Waals surface area contributed by atoms with Crippen LogP contribution in [0.3, 0.4) is 0 Å². The first-order valence-electron chi connectivity index (χ1n) is 5.98. The maximum atomic E-state index is 11.1. The molecular weight excluding hydrogens is 284 g/mol. The minimum atomic E-state index is -3.12. The molecule has 0 spiro atoms. The number of benzene rings is 1. The van der Waals surface area contributed by atoms with E-state index in [2.05, 4.69) is 0 Å². The lowest BCUT2D eigenvalue weighted by molar-refractivity contribution is 0.173. The molecule has 1 aromatic rings. The second-order valence-electron chi connectivity index (χ2n) is 4.39. The predicted octanol–water partition coefficient (Wildman–Crippen LogP) is 1.18. The third-order valence-electron chi connectivity index (χ3n) is 2.83. The van der Waals surface area contributed by atoms with E-state index in [0.29, 0.717) is 22.8 Å². The standard InChI is InChI=1S/C13H20O6S/c1-17-11-7-9(8-12(18-2)13(11)19-3)10(14)5-6-20(4,15)16/h7-8,10,14H,5-6H2,1-4H3. The lowest BCUT2D eigenvalue weighted by Gasteiger charge is -2.17. The van der Waals surface area contributed by atoms with Gasteiger partial charge in [-0.2, -0.15) is 0 Å². The van der Waals surface area contributed by atoms with Crippen molar-refractivity contribution in [3.63, 3.8) is 0 Å². The molecule has 114 valence electrons. The summed E-state index contributed by atoms with van der Waals surface area (Å²) in [6.07, 6.45) is 0.324. The van der Waals surface area contributed by atoms with Crippen LogP contribution in [0, 0.1) is 0 Å². The first kappa shape index (κ1) is 16.6. The molecule has 0 aliphatic heterocycles. The van der Waals surface area contributed by atoms with Gasteiger partial charge in [-0.1, -0.05) is 0 Å². The van der Waals surface area contributed by atoms with Crippen molar-refractivity contribution in [1.29, 1.82) is 0 Å². The highest BCUT2D eigenvalue weighted by Gasteiger charge is 2.18.